The predicted molar refractivity (Wildman–Crippen MR) is 49.1 cm³/mol. The van der Waals surface area contributed by atoms with Gasteiger partial charge in [-0.15, -0.1) is 0 Å². The van der Waals surface area contributed by atoms with Gasteiger partial charge in [-0.25, -0.2) is 8.78 Å². The molecule has 0 saturated heterocycles. The molecule has 1 rings (SSSR count). The summed E-state index contributed by atoms with van der Waals surface area (Å²) in [6.07, 6.45) is -2.27. The number of carbonyl (C=O) groups excluding carboxylic acids is 1. The van der Waals surface area contributed by atoms with E-state index < -0.39 is 34.1 Å². The number of carbonyl (C=O) groups is 1. The highest BCUT2D eigenvalue weighted by Crippen LogP contribution is 2.33. The molecule has 0 fully saturated rings. The molecule has 0 spiro atoms. The third-order valence-electron chi connectivity index (χ3n) is 1.95. The first-order chi connectivity index (χ1) is 7.36. The highest BCUT2D eigenvalue weighted by Gasteiger charge is 2.30. The van der Waals surface area contributed by atoms with Crippen molar-refractivity contribution in [3.05, 3.63) is 33.1 Å². The normalized spacial score (nSPS) is 10.5. The zero-order chi connectivity index (χ0) is 12.5. The summed E-state index contributed by atoms with van der Waals surface area (Å²) < 4.78 is 25.2. The minimum atomic E-state index is -3.09. The second-order valence-corrected chi connectivity index (χ2v) is 2.94. The van der Waals surface area contributed by atoms with Crippen LogP contribution in [0, 0.1) is 17.0 Å². The van der Waals surface area contributed by atoms with Gasteiger partial charge >= 0.3 is 0 Å². The molecule has 0 saturated carbocycles. The first kappa shape index (κ1) is 12.0. The fraction of sp³-hybridized carbons (Fsp3) is 0.250. The van der Waals surface area contributed by atoms with Crippen LogP contribution >= 0.6 is 0 Å². The maximum atomic E-state index is 12.6. The van der Waals surface area contributed by atoms with Crippen LogP contribution in [0.25, 0.3) is 0 Å². The number of nitrogens with two attached hydrogens (primary N) is 1. The van der Waals surface area contributed by atoms with Crippen molar-refractivity contribution in [3.8, 4) is 0 Å². The fourth-order valence-electron chi connectivity index (χ4n) is 1.25. The van der Waals surface area contributed by atoms with Crippen LogP contribution in [-0.2, 0) is 0 Å². The van der Waals surface area contributed by atoms with Crippen molar-refractivity contribution in [2.45, 2.75) is 13.3 Å². The van der Waals surface area contributed by atoms with Gasteiger partial charge in [-0.05, 0) is 6.92 Å². The van der Waals surface area contributed by atoms with E-state index in [1.54, 1.807) is 0 Å². The van der Waals surface area contributed by atoms with Crippen molar-refractivity contribution in [3.63, 3.8) is 0 Å². The van der Waals surface area contributed by atoms with Gasteiger partial charge < -0.3 is 5.73 Å². The third kappa shape index (κ3) is 1.95. The summed E-state index contributed by atoms with van der Waals surface area (Å²) in [4.78, 5) is 23.9. The van der Waals surface area contributed by atoms with Crippen LogP contribution in [0.3, 0.4) is 0 Å². The first-order valence-electron chi connectivity index (χ1n) is 4.08. The molecule has 16 heavy (non-hydrogen) atoms. The maximum Gasteiger partial charge on any atom is 0.294 e. The molecule has 8 heteroatoms. The Labute approximate surface area is 88.2 Å². The number of primary amides is 1. The lowest BCUT2D eigenvalue weighted by Gasteiger charge is -2.07. The van der Waals surface area contributed by atoms with Gasteiger partial charge in [0.2, 0.25) is 0 Å². The lowest BCUT2D eigenvalue weighted by molar-refractivity contribution is -0.386. The Bertz CT molecular complexity index is 462. The molecule has 0 aromatic carbocycles. The summed E-state index contributed by atoms with van der Waals surface area (Å²) in [6, 6.07) is 0. The molecule has 2 N–H and O–H groups in total. The van der Waals surface area contributed by atoms with E-state index in [-0.39, 0.29) is 5.69 Å². The first-order valence-corrected chi connectivity index (χ1v) is 4.08. The van der Waals surface area contributed by atoms with Crippen molar-refractivity contribution < 1.29 is 18.5 Å². The Morgan fingerprint density at radius 2 is 2.19 bits per heavy atom. The molecule has 6 nitrogen and oxygen atoms in total. The maximum absolute atomic E-state index is 12.6. The molecular weight excluding hydrogens is 224 g/mol. The van der Waals surface area contributed by atoms with Crippen molar-refractivity contribution in [1.82, 2.24) is 4.98 Å². The van der Waals surface area contributed by atoms with Crippen molar-refractivity contribution in [2.24, 2.45) is 5.73 Å². The Morgan fingerprint density at radius 3 is 2.56 bits per heavy atom. The minimum Gasteiger partial charge on any atom is -0.365 e. The van der Waals surface area contributed by atoms with Gasteiger partial charge in [0.05, 0.1) is 10.6 Å². The Kier molecular flexibility index (Phi) is 3.11. The van der Waals surface area contributed by atoms with Crippen LogP contribution < -0.4 is 5.73 Å². The molecule has 86 valence electrons. The van der Waals surface area contributed by atoms with Gasteiger partial charge in [-0.1, -0.05) is 0 Å². The predicted octanol–water partition coefficient (Wildman–Crippen LogP) is 1.33. The summed E-state index contributed by atoms with van der Waals surface area (Å²) in [5.74, 6) is -1.17. The summed E-state index contributed by atoms with van der Waals surface area (Å²) in [6.45, 7) is 1.19. The highest BCUT2D eigenvalue weighted by atomic mass is 19.3. The average molecular weight is 231 g/mol. The van der Waals surface area contributed by atoms with Crippen molar-refractivity contribution in [1.29, 1.82) is 0 Å². The van der Waals surface area contributed by atoms with E-state index in [1.165, 1.54) is 6.92 Å². The van der Waals surface area contributed by atoms with Crippen LogP contribution in [0.15, 0.2) is 6.20 Å². The van der Waals surface area contributed by atoms with Crippen LogP contribution in [0.2, 0.25) is 0 Å². The van der Waals surface area contributed by atoms with E-state index >= 15 is 0 Å². The van der Waals surface area contributed by atoms with Crippen LogP contribution in [0.1, 0.15) is 28.0 Å². The number of aromatic nitrogens is 1. The number of alkyl halides is 2. The molecule has 0 aliphatic carbocycles. The Balaban J connectivity index is 3.63. The lowest BCUT2D eigenvalue weighted by atomic mass is 10.1. The molecule has 0 aliphatic heterocycles. The van der Waals surface area contributed by atoms with Gasteiger partial charge in [-0.3, -0.25) is 19.9 Å². The number of rotatable bonds is 3. The van der Waals surface area contributed by atoms with Crippen LogP contribution in [-0.4, -0.2) is 15.8 Å². The number of aryl methyl sites for hydroxylation is 1. The molecule has 1 amide bonds. The summed E-state index contributed by atoms with van der Waals surface area (Å²) >= 11 is 0. The molecule has 0 radical (unpaired) electrons. The fourth-order valence-corrected chi connectivity index (χ4v) is 1.25. The molecule has 1 aromatic heterocycles. The highest BCUT2D eigenvalue weighted by molar-refractivity contribution is 5.97. The van der Waals surface area contributed by atoms with E-state index in [9.17, 15) is 23.7 Å². The monoisotopic (exact) mass is 231 g/mol. The van der Waals surface area contributed by atoms with E-state index in [2.05, 4.69) is 4.98 Å². The van der Waals surface area contributed by atoms with Gasteiger partial charge in [0, 0.05) is 6.20 Å². The molecule has 0 bridgehead atoms. The average Bonchev–Trinajstić information content (AvgIpc) is 2.15. The van der Waals surface area contributed by atoms with Crippen LogP contribution in [0.5, 0.6) is 0 Å². The number of hydrogen-bond acceptors (Lipinski definition) is 4. The second kappa shape index (κ2) is 4.17. The zero-order valence-corrected chi connectivity index (χ0v) is 8.11. The molecule has 0 atom stereocenters. The van der Waals surface area contributed by atoms with Crippen molar-refractivity contribution >= 4 is 11.6 Å². The summed E-state index contributed by atoms with van der Waals surface area (Å²) in [7, 11) is 0. The van der Waals surface area contributed by atoms with E-state index in [1.807, 2.05) is 0 Å². The van der Waals surface area contributed by atoms with E-state index in [0.717, 1.165) is 6.20 Å². The van der Waals surface area contributed by atoms with Gasteiger partial charge in [0.25, 0.3) is 18.0 Å². The minimum absolute atomic E-state index is 0.202. The van der Waals surface area contributed by atoms with Crippen LogP contribution in [0.4, 0.5) is 14.5 Å². The largest absolute Gasteiger partial charge is 0.365 e. The van der Waals surface area contributed by atoms with Gasteiger partial charge in [0.15, 0.2) is 0 Å². The SMILES string of the molecule is Cc1ncc(C(N)=O)c([N+](=O)[O-])c1C(F)F. The second-order valence-electron chi connectivity index (χ2n) is 2.94. The number of hydrogen-bond donors (Lipinski definition) is 1. The molecule has 0 aliphatic rings. The zero-order valence-electron chi connectivity index (χ0n) is 8.11. The molecule has 0 unspecified atom stereocenters. The topological polar surface area (TPSA) is 99.1 Å². The quantitative estimate of drug-likeness (QED) is 0.626. The van der Waals surface area contributed by atoms with Crippen molar-refractivity contribution in [2.75, 3.05) is 0 Å². The number of nitro groups is 1. The number of halogens is 2. The number of pyridine rings is 1. The van der Waals surface area contributed by atoms with Gasteiger partial charge in [0.1, 0.15) is 11.1 Å². The smallest absolute Gasteiger partial charge is 0.294 e. The number of nitrogens with zero attached hydrogens (tertiary/aromatic N) is 2. The molecule has 1 aromatic rings. The van der Waals surface area contributed by atoms with E-state index in [4.69, 9.17) is 5.73 Å². The standard InChI is InChI=1S/C8H7F2N3O3/c1-3-5(7(9)10)6(13(15)16)4(2-12-3)8(11)14/h2,7H,1H3,(H2,11,14). The van der Waals surface area contributed by atoms with E-state index in [0.29, 0.717) is 0 Å². The summed E-state index contributed by atoms with van der Waals surface area (Å²) in [5, 5.41) is 10.6. The molecule has 1 heterocycles. The Hall–Kier alpha value is -2.12. The lowest BCUT2D eigenvalue weighted by Crippen LogP contribution is -2.16. The molecular formula is C8H7F2N3O3. The Morgan fingerprint density at radius 1 is 1.62 bits per heavy atom. The summed E-state index contributed by atoms with van der Waals surface area (Å²) in [5.41, 5.74) is 2.17. The third-order valence-corrected chi connectivity index (χ3v) is 1.95. The number of amides is 1. The van der Waals surface area contributed by atoms with Gasteiger partial charge in [-0.2, -0.15) is 0 Å².